The largest absolute Gasteiger partial charge is 0.305 e. The van der Waals surface area contributed by atoms with Crippen LogP contribution in [0.15, 0.2) is 0 Å². The molecule has 2 aliphatic rings. The van der Waals surface area contributed by atoms with Gasteiger partial charge in [0.25, 0.3) is 0 Å². The number of hydrazine groups is 1. The minimum Gasteiger partial charge on any atom is -0.305 e. The van der Waals surface area contributed by atoms with E-state index in [9.17, 15) is 0 Å². The Morgan fingerprint density at radius 2 is 1.67 bits per heavy atom. The number of piperidine rings is 1. The van der Waals surface area contributed by atoms with Gasteiger partial charge in [0, 0.05) is 38.8 Å². The molecule has 15 heavy (non-hydrogen) atoms. The van der Waals surface area contributed by atoms with Crippen molar-refractivity contribution in [2.45, 2.75) is 18.9 Å². The fraction of sp³-hybridized carbons (Fsp3) is 1.00. The van der Waals surface area contributed by atoms with Crippen molar-refractivity contribution in [3.05, 3.63) is 0 Å². The molecular weight excluding hydrogens is 188 g/mol. The summed E-state index contributed by atoms with van der Waals surface area (Å²) in [5.41, 5.74) is 3.67. The van der Waals surface area contributed by atoms with E-state index in [1.807, 2.05) is 0 Å². The van der Waals surface area contributed by atoms with Crippen molar-refractivity contribution in [2.75, 3.05) is 53.4 Å². The van der Waals surface area contributed by atoms with E-state index in [0.717, 1.165) is 13.1 Å². The molecule has 0 aromatic heterocycles. The number of likely N-dealkylation sites (tertiary alicyclic amines) is 1. The van der Waals surface area contributed by atoms with E-state index >= 15 is 0 Å². The first-order chi connectivity index (χ1) is 7.24. The van der Waals surface area contributed by atoms with E-state index in [4.69, 9.17) is 0 Å². The molecule has 0 bridgehead atoms. The Hall–Kier alpha value is -0.160. The molecule has 1 N–H and O–H groups in total. The van der Waals surface area contributed by atoms with Crippen molar-refractivity contribution in [3.8, 4) is 0 Å². The van der Waals surface area contributed by atoms with Gasteiger partial charge in [0.1, 0.15) is 0 Å². The molecule has 2 aliphatic heterocycles. The zero-order valence-corrected chi connectivity index (χ0v) is 10.1. The van der Waals surface area contributed by atoms with Crippen LogP contribution < -0.4 is 5.43 Å². The summed E-state index contributed by atoms with van der Waals surface area (Å²) in [6.07, 6.45) is 2.67. The van der Waals surface area contributed by atoms with Gasteiger partial charge in [-0.05, 0) is 33.5 Å². The Morgan fingerprint density at radius 3 is 2.33 bits per heavy atom. The van der Waals surface area contributed by atoms with Crippen LogP contribution in [0.5, 0.6) is 0 Å². The van der Waals surface area contributed by atoms with Crippen LogP contribution in [0.1, 0.15) is 12.8 Å². The average molecular weight is 212 g/mol. The maximum atomic E-state index is 3.67. The van der Waals surface area contributed by atoms with Gasteiger partial charge in [0.05, 0.1) is 0 Å². The fourth-order valence-electron chi connectivity index (χ4n) is 2.47. The standard InChI is InChI=1S/C11H24N4/c1-13-6-8-15(9-7-13)12-11-4-3-5-14(2)10-11/h11-12H,3-10H2,1-2H3. The van der Waals surface area contributed by atoms with Gasteiger partial charge in [0.15, 0.2) is 0 Å². The summed E-state index contributed by atoms with van der Waals surface area (Å²) >= 11 is 0. The van der Waals surface area contributed by atoms with Crippen LogP contribution in [-0.4, -0.2) is 74.2 Å². The molecule has 0 spiro atoms. The Bertz CT molecular complexity index is 189. The van der Waals surface area contributed by atoms with Gasteiger partial charge >= 0.3 is 0 Å². The van der Waals surface area contributed by atoms with E-state index in [0.29, 0.717) is 6.04 Å². The van der Waals surface area contributed by atoms with Crippen LogP contribution in [0, 0.1) is 0 Å². The van der Waals surface area contributed by atoms with Gasteiger partial charge < -0.3 is 9.80 Å². The van der Waals surface area contributed by atoms with Crippen LogP contribution in [0.25, 0.3) is 0 Å². The summed E-state index contributed by atoms with van der Waals surface area (Å²) in [5, 5.41) is 2.41. The minimum atomic E-state index is 0.673. The molecule has 4 nitrogen and oxygen atoms in total. The molecule has 0 saturated carbocycles. The predicted molar refractivity (Wildman–Crippen MR) is 62.7 cm³/mol. The molecule has 0 amide bonds. The third-order valence-corrected chi connectivity index (χ3v) is 3.49. The van der Waals surface area contributed by atoms with Gasteiger partial charge in [-0.15, -0.1) is 0 Å². The summed E-state index contributed by atoms with van der Waals surface area (Å²) in [7, 11) is 4.42. The van der Waals surface area contributed by atoms with Crippen LogP contribution in [0.2, 0.25) is 0 Å². The molecule has 88 valence electrons. The lowest BCUT2D eigenvalue weighted by Crippen LogP contribution is -2.56. The maximum Gasteiger partial charge on any atom is 0.0342 e. The first-order valence-electron chi connectivity index (χ1n) is 6.12. The van der Waals surface area contributed by atoms with Gasteiger partial charge in [-0.25, -0.2) is 5.01 Å². The second-order valence-electron chi connectivity index (χ2n) is 5.02. The number of nitrogens with zero attached hydrogens (tertiary/aromatic N) is 3. The normalized spacial score (nSPS) is 32.0. The number of hydrogen-bond acceptors (Lipinski definition) is 4. The summed E-state index contributed by atoms with van der Waals surface area (Å²) in [6.45, 7) is 7.17. The fourth-order valence-corrected chi connectivity index (χ4v) is 2.47. The van der Waals surface area contributed by atoms with Crippen LogP contribution in [-0.2, 0) is 0 Å². The smallest absolute Gasteiger partial charge is 0.0342 e. The molecule has 1 atom stereocenters. The monoisotopic (exact) mass is 212 g/mol. The molecule has 2 heterocycles. The molecular formula is C11H24N4. The number of nitrogens with one attached hydrogen (secondary N) is 1. The van der Waals surface area contributed by atoms with E-state index in [2.05, 4.69) is 34.3 Å². The molecule has 2 rings (SSSR count). The molecule has 0 radical (unpaired) electrons. The molecule has 0 aliphatic carbocycles. The van der Waals surface area contributed by atoms with Crippen molar-refractivity contribution in [1.82, 2.24) is 20.2 Å². The van der Waals surface area contributed by atoms with Crippen LogP contribution in [0.3, 0.4) is 0 Å². The summed E-state index contributed by atoms with van der Waals surface area (Å²) < 4.78 is 0. The van der Waals surface area contributed by atoms with Crippen LogP contribution in [0.4, 0.5) is 0 Å². The van der Waals surface area contributed by atoms with Crippen molar-refractivity contribution in [1.29, 1.82) is 0 Å². The Balaban J connectivity index is 1.71. The molecule has 4 heteroatoms. The highest BCUT2D eigenvalue weighted by Crippen LogP contribution is 2.09. The average Bonchev–Trinajstić information content (AvgIpc) is 2.22. The van der Waals surface area contributed by atoms with Gasteiger partial charge in [-0.3, -0.25) is 5.43 Å². The zero-order valence-electron chi connectivity index (χ0n) is 10.1. The highest BCUT2D eigenvalue weighted by molar-refractivity contribution is 4.77. The Morgan fingerprint density at radius 1 is 0.933 bits per heavy atom. The molecule has 2 saturated heterocycles. The zero-order chi connectivity index (χ0) is 10.7. The lowest BCUT2D eigenvalue weighted by molar-refractivity contribution is 0.0671. The predicted octanol–water partition coefficient (Wildman–Crippen LogP) is -0.167. The first-order valence-corrected chi connectivity index (χ1v) is 6.12. The minimum absolute atomic E-state index is 0.673. The van der Waals surface area contributed by atoms with Crippen molar-refractivity contribution in [2.24, 2.45) is 0 Å². The van der Waals surface area contributed by atoms with Crippen molar-refractivity contribution < 1.29 is 0 Å². The second-order valence-corrected chi connectivity index (χ2v) is 5.02. The number of rotatable bonds is 2. The van der Waals surface area contributed by atoms with Gasteiger partial charge in [0.2, 0.25) is 0 Å². The first kappa shape index (κ1) is 11.3. The summed E-state index contributed by atoms with van der Waals surface area (Å²) in [6, 6.07) is 0.673. The van der Waals surface area contributed by atoms with Crippen LogP contribution >= 0.6 is 0 Å². The number of hydrogen-bond donors (Lipinski definition) is 1. The Kier molecular flexibility index (Phi) is 3.97. The third kappa shape index (κ3) is 3.41. The summed E-state index contributed by atoms with van der Waals surface area (Å²) in [4.78, 5) is 4.82. The molecule has 0 aromatic rings. The Labute approximate surface area is 93.2 Å². The summed E-state index contributed by atoms with van der Waals surface area (Å²) in [5.74, 6) is 0. The molecule has 0 aromatic carbocycles. The lowest BCUT2D eigenvalue weighted by atomic mass is 10.1. The third-order valence-electron chi connectivity index (χ3n) is 3.49. The lowest BCUT2D eigenvalue weighted by Gasteiger charge is -2.38. The highest BCUT2D eigenvalue weighted by Gasteiger charge is 2.21. The van der Waals surface area contributed by atoms with E-state index < -0.39 is 0 Å². The number of piperazine rings is 1. The van der Waals surface area contributed by atoms with Gasteiger partial charge in [-0.2, -0.15) is 0 Å². The maximum absolute atomic E-state index is 3.67. The number of likely N-dealkylation sites (N-methyl/N-ethyl adjacent to an activating group) is 2. The SMILES string of the molecule is CN1CCN(NC2CCCN(C)C2)CC1. The topological polar surface area (TPSA) is 21.8 Å². The van der Waals surface area contributed by atoms with Gasteiger partial charge in [-0.1, -0.05) is 0 Å². The quantitative estimate of drug-likeness (QED) is 0.686. The molecule has 2 fully saturated rings. The van der Waals surface area contributed by atoms with Crippen molar-refractivity contribution >= 4 is 0 Å². The highest BCUT2D eigenvalue weighted by atomic mass is 15.5. The van der Waals surface area contributed by atoms with Crippen molar-refractivity contribution in [3.63, 3.8) is 0 Å². The van der Waals surface area contributed by atoms with E-state index in [1.165, 1.54) is 39.0 Å². The molecule has 1 unspecified atom stereocenters. The van der Waals surface area contributed by atoms with E-state index in [1.54, 1.807) is 0 Å². The second kappa shape index (κ2) is 5.25. The van der Waals surface area contributed by atoms with E-state index in [-0.39, 0.29) is 0 Å².